The number of Topliss-reactive ketones (excluding diaryl/α,β-unsaturated/α-hetero) is 1. The van der Waals surface area contributed by atoms with Crippen LogP contribution in [0.2, 0.25) is 0 Å². The van der Waals surface area contributed by atoms with E-state index in [1.54, 1.807) is 7.11 Å². The maximum Gasteiger partial charge on any atom is 0.163 e. The Kier molecular flexibility index (Phi) is 5.35. The molecule has 0 unspecified atom stereocenters. The van der Waals surface area contributed by atoms with Crippen molar-refractivity contribution in [3.63, 3.8) is 0 Å². The van der Waals surface area contributed by atoms with Gasteiger partial charge in [-0.25, -0.2) is 0 Å². The lowest BCUT2D eigenvalue weighted by molar-refractivity contribution is -0.117. The molecule has 4 rings (SSSR count). The summed E-state index contributed by atoms with van der Waals surface area (Å²) in [5, 5.41) is 0. The number of anilines is 1. The van der Waals surface area contributed by atoms with Crippen LogP contribution in [0.3, 0.4) is 0 Å². The van der Waals surface area contributed by atoms with Gasteiger partial charge in [-0.15, -0.1) is 0 Å². The Labute approximate surface area is 174 Å². The van der Waals surface area contributed by atoms with Crippen LogP contribution in [0.1, 0.15) is 56.6 Å². The summed E-state index contributed by atoms with van der Waals surface area (Å²) in [6, 6.07) is 14.4. The van der Waals surface area contributed by atoms with Crippen LogP contribution in [-0.4, -0.2) is 19.0 Å². The molecule has 2 N–H and O–H groups in total. The fourth-order valence-corrected chi connectivity index (χ4v) is 5.30. The molecule has 2 aromatic carbocycles. The second kappa shape index (κ2) is 7.79. The molecule has 2 aromatic rings. The van der Waals surface area contributed by atoms with Gasteiger partial charge in [0.1, 0.15) is 0 Å². The Morgan fingerprint density at radius 2 is 1.62 bits per heavy atom. The van der Waals surface area contributed by atoms with Gasteiger partial charge in [0.05, 0.1) is 6.10 Å². The molecule has 2 aliphatic carbocycles. The molecule has 1 saturated carbocycles. The Balaban J connectivity index is 1.67. The lowest BCUT2D eigenvalue weighted by Gasteiger charge is -2.43. The van der Waals surface area contributed by atoms with Gasteiger partial charge in [0.25, 0.3) is 0 Å². The second-order valence-electron chi connectivity index (χ2n) is 9.02. The lowest BCUT2D eigenvalue weighted by Crippen LogP contribution is -2.36. The minimum atomic E-state index is 0.141. The minimum Gasteiger partial charge on any atom is -0.399 e. The monoisotopic (exact) mass is 389 g/mol. The summed E-state index contributed by atoms with van der Waals surface area (Å²) in [7, 11) is 1.80. The molecular formula is C26H31NO2. The van der Waals surface area contributed by atoms with E-state index >= 15 is 0 Å². The lowest BCUT2D eigenvalue weighted by atomic mass is 9.62. The van der Waals surface area contributed by atoms with Crippen molar-refractivity contribution in [3.8, 4) is 11.1 Å². The van der Waals surface area contributed by atoms with E-state index in [9.17, 15) is 4.79 Å². The van der Waals surface area contributed by atoms with Crippen LogP contribution in [-0.2, 0) is 9.53 Å². The van der Waals surface area contributed by atoms with Gasteiger partial charge < -0.3 is 10.5 Å². The minimum absolute atomic E-state index is 0.141. The zero-order valence-corrected chi connectivity index (χ0v) is 17.8. The Hall–Kier alpha value is -2.39. The highest BCUT2D eigenvalue weighted by Gasteiger charge is 2.41. The molecule has 0 atom stereocenters. The SMILES string of the molecule is COC1CCC2(CC1)CC(=O)C(c1cc(-c3ccc(N)cc3)ccc1C)=C(C)C2. The average molecular weight is 390 g/mol. The molecule has 29 heavy (non-hydrogen) atoms. The molecule has 0 saturated heterocycles. The van der Waals surface area contributed by atoms with Crippen LogP contribution in [0.5, 0.6) is 0 Å². The summed E-state index contributed by atoms with van der Waals surface area (Å²) in [6.45, 7) is 4.26. The molecule has 3 nitrogen and oxygen atoms in total. The van der Waals surface area contributed by atoms with E-state index in [1.807, 2.05) is 24.3 Å². The summed E-state index contributed by atoms with van der Waals surface area (Å²) in [5.74, 6) is 0.308. The Morgan fingerprint density at radius 1 is 0.966 bits per heavy atom. The first-order chi connectivity index (χ1) is 13.9. The van der Waals surface area contributed by atoms with E-state index < -0.39 is 0 Å². The summed E-state index contributed by atoms with van der Waals surface area (Å²) >= 11 is 0. The number of ketones is 1. The van der Waals surface area contributed by atoms with Gasteiger partial charge >= 0.3 is 0 Å². The van der Waals surface area contributed by atoms with Crippen LogP contribution in [0.25, 0.3) is 16.7 Å². The van der Waals surface area contributed by atoms with Crippen LogP contribution < -0.4 is 5.73 Å². The molecule has 3 heteroatoms. The highest BCUT2D eigenvalue weighted by atomic mass is 16.5. The molecule has 1 fully saturated rings. The maximum atomic E-state index is 13.4. The van der Waals surface area contributed by atoms with Crippen molar-refractivity contribution in [3.05, 3.63) is 59.2 Å². The predicted octanol–water partition coefficient (Wildman–Crippen LogP) is 5.96. The number of rotatable bonds is 3. The van der Waals surface area contributed by atoms with E-state index in [2.05, 4.69) is 32.0 Å². The van der Waals surface area contributed by atoms with Crippen molar-refractivity contribution < 1.29 is 9.53 Å². The van der Waals surface area contributed by atoms with Gasteiger partial charge in [-0.2, -0.15) is 0 Å². The number of carbonyl (C=O) groups excluding carboxylic acids is 1. The summed E-state index contributed by atoms with van der Waals surface area (Å²) < 4.78 is 5.54. The predicted molar refractivity (Wildman–Crippen MR) is 120 cm³/mol. The highest BCUT2D eigenvalue weighted by molar-refractivity contribution is 6.23. The number of carbonyl (C=O) groups is 1. The molecule has 0 heterocycles. The fourth-order valence-electron chi connectivity index (χ4n) is 5.30. The zero-order chi connectivity index (χ0) is 20.6. The summed E-state index contributed by atoms with van der Waals surface area (Å²) in [6.07, 6.45) is 6.37. The van der Waals surface area contributed by atoms with E-state index in [4.69, 9.17) is 10.5 Å². The largest absolute Gasteiger partial charge is 0.399 e. The maximum absolute atomic E-state index is 13.4. The molecule has 0 aliphatic heterocycles. The quantitative estimate of drug-likeness (QED) is 0.659. The highest BCUT2D eigenvalue weighted by Crippen LogP contribution is 2.50. The van der Waals surface area contributed by atoms with Crippen molar-refractivity contribution >= 4 is 17.0 Å². The van der Waals surface area contributed by atoms with Crippen LogP contribution in [0.15, 0.2) is 48.0 Å². The second-order valence-corrected chi connectivity index (χ2v) is 9.02. The van der Waals surface area contributed by atoms with E-state index in [0.29, 0.717) is 18.3 Å². The van der Waals surface area contributed by atoms with Gasteiger partial charge in [-0.05, 0) is 91.8 Å². The van der Waals surface area contributed by atoms with Crippen molar-refractivity contribution in [2.75, 3.05) is 12.8 Å². The smallest absolute Gasteiger partial charge is 0.163 e. The first-order valence-electron chi connectivity index (χ1n) is 10.6. The van der Waals surface area contributed by atoms with Crippen LogP contribution >= 0.6 is 0 Å². The topological polar surface area (TPSA) is 52.3 Å². The van der Waals surface area contributed by atoms with Crippen LogP contribution in [0, 0.1) is 12.3 Å². The van der Waals surface area contributed by atoms with Crippen molar-refractivity contribution in [2.24, 2.45) is 5.41 Å². The Morgan fingerprint density at radius 3 is 2.24 bits per heavy atom. The number of hydrogen-bond acceptors (Lipinski definition) is 3. The third-order valence-corrected chi connectivity index (χ3v) is 6.96. The molecule has 0 radical (unpaired) electrons. The van der Waals surface area contributed by atoms with Crippen molar-refractivity contribution in [2.45, 2.75) is 58.5 Å². The molecule has 0 amide bonds. The number of benzene rings is 2. The van der Waals surface area contributed by atoms with Gasteiger partial charge in [0.2, 0.25) is 0 Å². The van der Waals surface area contributed by atoms with Crippen molar-refractivity contribution in [1.82, 2.24) is 0 Å². The molecule has 152 valence electrons. The van der Waals surface area contributed by atoms with E-state index in [1.165, 1.54) is 5.57 Å². The third kappa shape index (κ3) is 3.89. The number of nitrogens with two attached hydrogens (primary N) is 1. The standard InChI is InChI=1S/C26H31NO2/c1-17-4-5-20(19-6-8-21(27)9-7-19)14-23(17)25-18(2)15-26(16-24(25)28)12-10-22(29-3)11-13-26/h4-9,14,22H,10-13,15-16,27H2,1-3H3. The van der Waals surface area contributed by atoms with Crippen molar-refractivity contribution in [1.29, 1.82) is 0 Å². The van der Waals surface area contributed by atoms with Gasteiger partial charge in [0.15, 0.2) is 5.78 Å². The number of nitrogen functional groups attached to an aromatic ring is 1. The van der Waals surface area contributed by atoms with Gasteiger partial charge in [0, 0.05) is 24.8 Å². The first kappa shape index (κ1) is 19.9. The number of ether oxygens (including phenoxy) is 1. The average Bonchev–Trinajstić information content (AvgIpc) is 2.70. The molecule has 1 spiro atoms. The van der Waals surface area contributed by atoms with Crippen LogP contribution in [0.4, 0.5) is 5.69 Å². The number of allylic oxidation sites excluding steroid dienone is 2. The summed E-state index contributed by atoms with van der Waals surface area (Å²) in [5.41, 5.74) is 13.4. The summed E-state index contributed by atoms with van der Waals surface area (Å²) in [4.78, 5) is 13.4. The first-order valence-corrected chi connectivity index (χ1v) is 10.6. The number of hydrogen-bond donors (Lipinski definition) is 1. The molecule has 2 aliphatic rings. The van der Waals surface area contributed by atoms with Gasteiger partial charge in [-0.3, -0.25) is 4.79 Å². The third-order valence-electron chi connectivity index (χ3n) is 6.96. The van der Waals surface area contributed by atoms with E-state index in [0.717, 1.165) is 65.6 Å². The molecular weight excluding hydrogens is 358 g/mol. The number of aryl methyl sites for hydroxylation is 1. The molecule has 0 bridgehead atoms. The Bertz CT molecular complexity index is 947. The number of methoxy groups -OCH3 is 1. The van der Waals surface area contributed by atoms with E-state index in [-0.39, 0.29) is 5.41 Å². The fraction of sp³-hybridized carbons (Fsp3) is 0.423. The normalized spacial score (nSPS) is 24.9. The van der Waals surface area contributed by atoms with Gasteiger partial charge in [-0.1, -0.05) is 29.8 Å². The molecule has 0 aromatic heterocycles. The zero-order valence-electron chi connectivity index (χ0n) is 17.8.